The van der Waals surface area contributed by atoms with Gasteiger partial charge >= 0.3 is 0 Å². The molecule has 20 heavy (non-hydrogen) atoms. The highest BCUT2D eigenvalue weighted by Gasteiger charge is 2.22. The van der Waals surface area contributed by atoms with Crippen LogP contribution < -0.4 is 5.32 Å². The molecule has 0 unspecified atom stereocenters. The molecule has 1 nitrogen and oxygen atoms in total. The Bertz CT molecular complexity index is 572. The average molecular weight is 330 g/mol. The second-order valence-corrected chi connectivity index (χ2v) is 6.59. The maximum atomic E-state index is 3.59. The van der Waals surface area contributed by atoms with Gasteiger partial charge in [-0.3, -0.25) is 0 Å². The Hall–Kier alpha value is -1.12. The van der Waals surface area contributed by atoms with E-state index in [1.807, 2.05) is 0 Å². The summed E-state index contributed by atoms with van der Waals surface area (Å²) in [5.41, 5.74) is 4.18. The third-order valence-electron chi connectivity index (χ3n) is 3.99. The molecule has 2 aromatic carbocycles. The zero-order valence-electron chi connectivity index (χ0n) is 11.8. The minimum Gasteiger partial charge on any atom is -0.306 e. The quantitative estimate of drug-likeness (QED) is 0.797. The molecule has 0 heterocycles. The van der Waals surface area contributed by atoms with E-state index in [4.69, 9.17) is 0 Å². The molecule has 0 aromatic heterocycles. The number of benzene rings is 2. The highest BCUT2D eigenvalue weighted by atomic mass is 79.9. The lowest BCUT2D eigenvalue weighted by Crippen LogP contribution is -2.18. The van der Waals surface area contributed by atoms with Crippen LogP contribution in [0.2, 0.25) is 0 Å². The molecule has 0 amide bonds. The van der Waals surface area contributed by atoms with Gasteiger partial charge in [0.05, 0.1) is 0 Å². The molecule has 1 aliphatic rings. The van der Waals surface area contributed by atoms with Gasteiger partial charge in [0.15, 0.2) is 0 Å². The normalized spacial score (nSPS) is 16.1. The zero-order chi connectivity index (χ0) is 13.9. The van der Waals surface area contributed by atoms with Crippen molar-refractivity contribution < 1.29 is 0 Å². The first kappa shape index (κ1) is 13.8. The van der Waals surface area contributed by atoms with Crippen LogP contribution >= 0.6 is 15.9 Å². The van der Waals surface area contributed by atoms with Gasteiger partial charge in [0.25, 0.3) is 0 Å². The summed E-state index contributed by atoms with van der Waals surface area (Å²) in [5.74, 6) is 0.845. The minimum absolute atomic E-state index is 0.357. The predicted molar refractivity (Wildman–Crippen MR) is 87.8 cm³/mol. The van der Waals surface area contributed by atoms with Gasteiger partial charge in [-0.2, -0.15) is 0 Å². The Morgan fingerprint density at radius 1 is 1.15 bits per heavy atom. The summed E-state index contributed by atoms with van der Waals surface area (Å²) in [5, 5.41) is 3.59. The lowest BCUT2D eigenvalue weighted by molar-refractivity contribution is 0.574. The van der Waals surface area contributed by atoms with Gasteiger partial charge in [0, 0.05) is 17.1 Å². The molecule has 1 fully saturated rings. The Labute approximate surface area is 129 Å². The van der Waals surface area contributed by atoms with E-state index in [1.54, 1.807) is 0 Å². The summed E-state index contributed by atoms with van der Waals surface area (Å²) >= 11 is 3.53. The van der Waals surface area contributed by atoms with Crippen molar-refractivity contribution in [1.29, 1.82) is 0 Å². The third kappa shape index (κ3) is 3.50. The van der Waals surface area contributed by atoms with Crippen molar-refractivity contribution >= 4 is 15.9 Å². The van der Waals surface area contributed by atoms with Gasteiger partial charge < -0.3 is 5.32 Å². The van der Waals surface area contributed by atoms with Gasteiger partial charge in [0.1, 0.15) is 0 Å². The fraction of sp³-hybridized carbons (Fsp3) is 0.333. The van der Waals surface area contributed by atoms with E-state index >= 15 is 0 Å². The highest BCUT2D eigenvalue weighted by molar-refractivity contribution is 9.10. The second-order valence-electron chi connectivity index (χ2n) is 5.67. The summed E-state index contributed by atoms with van der Waals surface area (Å²) in [7, 11) is 0. The van der Waals surface area contributed by atoms with Crippen molar-refractivity contribution in [3.8, 4) is 0 Å². The first-order valence-electron chi connectivity index (χ1n) is 7.30. The first-order chi connectivity index (χ1) is 9.72. The number of hydrogen-bond acceptors (Lipinski definition) is 1. The average Bonchev–Trinajstić information content (AvgIpc) is 3.30. The maximum Gasteiger partial charge on any atom is 0.0295 e. The van der Waals surface area contributed by atoms with Crippen molar-refractivity contribution in [3.63, 3.8) is 0 Å². The molecular formula is C18H20BrN. The molecule has 1 aliphatic carbocycles. The highest BCUT2D eigenvalue weighted by Crippen LogP contribution is 2.39. The fourth-order valence-corrected chi connectivity index (χ4v) is 2.91. The van der Waals surface area contributed by atoms with Gasteiger partial charge in [-0.25, -0.2) is 0 Å². The SMILES string of the molecule is C[C@@H](NCc1ccc(C2CC2)cc1)c1cccc(Br)c1. The topological polar surface area (TPSA) is 12.0 Å². The summed E-state index contributed by atoms with van der Waals surface area (Å²) in [6, 6.07) is 17.9. The van der Waals surface area contributed by atoms with Crippen LogP contribution in [0.1, 0.15) is 48.4 Å². The molecule has 2 aromatic rings. The Morgan fingerprint density at radius 2 is 1.90 bits per heavy atom. The molecule has 0 radical (unpaired) electrons. The molecule has 1 N–H and O–H groups in total. The molecule has 104 valence electrons. The van der Waals surface area contributed by atoms with E-state index < -0.39 is 0 Å². The third-order valence-corrected chi connectivity index (χ3v) is 4.48. The number of halogens is 1. The van der Waals surface area contributed by atoms with Crippen LogP contribution in [-0.2, 0) is 6.54 Å². The van der Waals surface area contributed by atoms with Crippen molar-refractivity contribution in [2.45, 2.75) is 38.3 Å². The van der Waals surface area contributed by atoms with Crippen LogP contribution in [0.5, 0.6) is 0 Å². The minimum atomic E-state index is 0.357. The van der Waals surface area contributed by atoms with Crippen molar-refractivity contribution in [1.82, 2.24) is 5.32 Å². The predicted octanol–water partition coefficient (Wildman–Crippen LogP) is 5.18. The smallest absolute Gasteiger partial charge is 0.0295 e. The van der Waals surface area contributed by atoms with Crippen LogP contribution in [0.4, 0.5) is 0 Å². The summed E-state index contributed by atoms with van der Waals surface area (Å²) in [4.78, 5) is 0. The van der Waals surface area contributed by atoms with Crippen LogP contribution in [0, 0.1) is 0 Å². The largest absolute Gasteiger partial charge is 0.306 e. The molecular weight excluding hydrogens is 310 g/mol. The number of rotatable bonds is 5. The van der Waals surface area contributed by atoms with Crippen molar-refractivity contribution in [3.05, 3.63) is 69.7 Å². The Morgan fingerprint density at radius 3 is 2.55 bits per heavy atom. The van der Waals surface area contributed by atoms with E-state index in [1.165, 1.54) is 29.5 Å². The van der Waals surface area contributed by atoms with Gasteiger partial charge in [-0.1, -0.05) is 52.3 Å². The molecule has 0 bridgehead atoms. The zero-order valence-corrected chi connectivity index (χ0v) is 13.4. The van der Waals surface area contributed by atoms with Crippen LogP contribution in [-0.4, -0.2) is 0 Å². The van der Waals surface area contributed by atoms with E-state index in [9.17, 15) is 0 Å². The molecule has 0 spiro atoms. The van der Waals surface area contributed by atoms with Crippen LogP contribution in [0.25, 0.3) is 0 Å². The standard InChI is InChI=1S/C18H20BrN/c1-13(17-3-2-4-18(19)11-17)20-12-14-5-7-15(8-6-14)16-9-10-16/h2-8,11,13,16,20H,9-10,12H2,1H3/t13-/m1/s1. The van der Waals surface area contributed by atoms with Crippen LogP contribution in [0.3, 0.4) is 0 Å². The summed E-state index contributed by atoms with van der Waals surface area (Å²) in [6.45, 7) is 3.12. The molecule has 2 heteroatoms. The molecule has 0 saturated heterocycles. The molecule has 1 saturated carbocycles. The van der Waals surface area contributed by atoms with E-state index in [-0.39, 0.29) is 0 Å². The van der Waals surface area contributed by atoms with Gasteiger partial charge in [-0.05, 0) is 54.5 Å². The first-order valence-corrected chi connectivity index (χ1v) is 8.09. The fourth-order valence-electron chi connectivity index (χ4n) is 2.49. The second kappa shape index (κ2) is 6.11. The van der Waals surface area contributed by atoms with Crippen LogP contribution in [0.15, 0.2) is 53.0 Å². The lowest BCUT2D eigenvalue weighted by atomic mass is 10.1. The number of hydrogen-bond donors (Lipinski definition) is 1. The van der Waals surface area contributed by atoms with Gasteiger partial charge in [-0.15, -0.1) is 0 Å². The Balaban J connectivity index is 1.58. The summed E-state index contributed by atoms with van der Waals surface area (Å²) < 4.78 is 1.14. The molecule has 1 atom stereocenters. The maximum absolute atomic E-state index is 3.59. The monoisotopic (exact) mass is 329 g/mol. The Kier molecular flexibility index (Phi) is 4.23. The lowest BCUT2D eigenvalue weighted by Gasteiger charge is -2.15. The van der Waals surface area contributed by atoms with Crippen molar-refractivity contribution in [2.24, 2.45) is 0 Å². The molecule has 3 rings (SSSR count). The molecule has 0 aliphatic heterocycles. The summed E-state index contributed by atoms with van der Waals surface area (Å²) in [6.07, 6.45) is 2.75. The van der Waals surface area contributed by atoms with Crippen molar-refractivity contribution in [2.75, 3.05) is 0 Å². The van der Waals surface area contributed by atoms with E-state index in [2.05, 4.69) is 76.7 Å². The number of nitrogens with one attached hydrogen (secondary N) is 1. The van der Waals surface area contributed by atoms with Gasteiger partial charge in [0.2, 0.25) is 0 Å². The van der Waals surface area contributed by atoms with E-state index in [0.717, 1.165) is 16.9 Å². The van der Waals surface area contributed by atoms with E-state index in [0.29, 0.717) is 6.04 Å².